The number of hydrogen-bond acceptors (Lipinski definition) is 6. The maximum absolute atomic E-state index is 12.4. The number of rotatable bonds is 7. The molecule has 0 aliphatic rings. The van der Waals surface area contributed by atoms with E-state index in [1.54, 1.807) is 54.6 Å². The van der Waals surface area contributed by atoms with Gasteiger partial charge in [0.05, 0.1) is 17.3 Å². The second kappa shape index (κ2) is 7.63. The summed E-state index contributed by atoms with van der Waals surface area (Å²) in [5.41, 5.74) is 1.62. The molecular formula is C17H20N6O2S. The molecule has 0 atom stereocenters. The van der Waals surface area contributed by atoms with Crippen LogP contribution < -0.4 is 10.0 Å². The maximum atomic E-state index is 12.4. The first-order chi connectivity index (χ1) is 12.5. The lowest BCUT2D eigenvalue weighted by Gasteiger charge is -2.11. The quantitative estimate of drug-likeness (QED) is 0.612. The molecule has 0 saturated carbocycles. The topological polar surface area (TPSA) is 102 Å². The summed E-state index contributed by atoms with van der Waals surface area (Å²) >= 11 is 0. The Morgan fingerprint density at radius 2 is 2.00 bits per heavy atom. The maximum Gasteiger partial charge on any atom is 0.240 e. The van der Waals surface area contributed by atoms with Crippen molar-refractivity contribution in [3.63, 3.8) is 0 Å². The zero-order valence-electron chi connectivity index (χ0n) is 14.5. The van der Waals surface area contributed by atoms with Gasteiger partial charge in [0.15, 0.2) is 5.82 Å². The van der Waals surface area contributed by atoms with Gasteiger partial charge in [0.2, 0.25) is 10.0 Å². The van der Waals surface area contributed by atoms with Crippen LogP contribution in [0.1, 0.15) is 11.1 Å². The fourth-order valence-electron chi connectivity index (χ4n) is 2.41. The normalized spacial score (nSPS) is 11.5. The van der Waals surface area contributed by atoms with Crippen LogP contribution in [0.3, 0.4) is 0 Å². The van der Waals surface area contributed by atoms with Gasteiger partial charge in [-0.25, -0.2) is 22.8 Å². The zero-order chi connectivity index (χ0) is 18.6. The molecule has 3 aromatic rings. The monoisotopic (exact) mass is 372 g/mol. The number of anilines is 1. The Balaban J connectivity index is 1.59. The van der Waals surface area contributed by atoms with Gasteiger partial charge in [0, 0.05) is 25.5 Å². The Labute approximate surface area is 152 Å². The summed E-state index contributed by atoms with van der Waals surface area (Å²) in [7, 11) is -3.55. The van der Waals surface area contributed by atoms with Gasteiger partial charge < -0.3 is 5.32 Å². The third-order valence-electron chi connectivity index (χ3n) is 3.72. The van der Waals surface area contributed by atoms with E-state index in [2.05, 4.69) is 25.1 Å². The first-order valence-electron chi connectivity index (χ1n) is 8.08. The molecule has 0 unspecified atom stereocenters. The molecule has 136 valence electrons. The third-order valence-corrected chi connectivity index (χ3v) is 5.32. The van der Waals surface area contributed by atoms with E-state index >= 15 is 0 Å². The van der Waals surface area contributed by atoms with E-state index in [-0.39, 0.29) is 6.54 Å². The SMILES string of the molecule is Cc1ccc(C)c(S(=O)(=O)NCCNc2cncc(-n3cccn3)n2)c1. The van der Waals surface area contributed by atoms with E-state index in [9.17, 15) is 8.42 Å². The van der Waals surface area contributed by atoms with E-state index in [1.807, 2.05) is 13.0 Å². The van der Waals surface area contributed by atoms with Crippen LogP contribution in [-0.4, -0.2) is 41.3 Å². The van der Waals surface area contributed by atoms with Crippen molar-refractivity contribution in [2.45, 2.75) is 18.7 Å². The number of benzene rings is 1. The summed E-state index contributed by atoms with van der Waals surface area (Å²) in [5, 5.41) is 7.16. The Morgan fingerprint density at radius 1 is 1.15 bits per heavy atom. The molecule has 0 aliphatic heterocycles. The van der Waals surface area contributed by atoms with Crippen molar-refractivity contribution in [2.75, 3.05) is 18.4 Å². The molecule has 8 nitrogen and oxygen atoms in total. The highest BCUT2D eigenvalue weighted by molar-refractivity contribution is 7.89. The van der Waals surface area contributed by atoms with E-state index in [4.69, 9.17) is 0 Å². The highest BCUT2D eigenvalue weighted by atomic mass is 32.2. The molecule has 3 rings (SSSR count). The van der Waals surface area contributed by atoms with Crippen LogP contribution >= 0.6 is 0 Å². The van der Waals surface area contributed by atoms with Gasteiger partial charge >= 0.3 is 0 Å². The molecule has 0 spiro atoms. The Hall–Kier alpha value is -2.78. The van der Waals surface area contributed by atoms with Gasteiger partial charge in [0.25, 0.3) is 0 Å². The van der Waals surface area contributed by atoms with Gasteiger partial charge in [-0.3, -0.25) is 4.98 Å². The molecule has 0 bridgehead atoms. The molecule has 26 heavy (non-hydrogen) atoms. The van der Waals surface area contributed by atoms with Crippen molar-refractivity contribution in [3.8, 4) is 5.82 Å². The van der Waals surface area contributed by atoms with Crippen molar-refractivity contribution < 1.29 is 8.42 Å². The molecular weight excluding hydrogens is 352 g/mol. The van der Waals surface area contributed by atoms with E-state index in [0.29, 0.717) is 28.6 Å². The van der Waals surface area contributed by atoms with Crippen molar-refractivity contribution in [2.24, 2.45) is 0 Å². The zero-order valence-corrected chi connectivity index (χ0v) is 15.4. The summed E-state index contributed by atoms with van der Waals surface area (Å²) in [6.45, 7) is 4.25. The summed E-state index contributed by atoms with van der Waals surface area (Å²) < 4.78 is 29.1. The molecule has 2 N–H and O–H groups in total. The van der Waals surface area contributed by atoms with E-state index < -0.39 is 10.0 Å². The molecule has 2 heterocycles. The number of aryl methyl sites for hydroxylation is 2. The molecule has 9 heteroatoms. The summed E-state index contributed by atoms with van der Waals surface area (Å²) in [4.78, 5) is 8.80. The average molecular weight is 372 g/mol. The first kappa shape index (κ1) is 18.0. The highest BCUT2D eigenvalue weighted by Crippen LogP contribution is 2.16. The number of aromatic nitrogens is 4. The number of nitrogens with one attached hydrogen (secondary N) is 2. The second-order valence-corrected chi connectivity index (χ2v) is 7.54. The smallest absolute Gasteiger partial charge is 0.240 e. The van der Waals surface area contributed by atoms with Gasteiger partial charge in [-0.2, -0.15) is 5.10 Å². The van der Waals surface area contributed by atoms with Crippen LogP contribution in [-0.2, 0) is 10.0 Å². The fourth-order valence-corrected chi connectivity index (χ4v) is 3.77. The second-order valence-electron chi connectivity index (χ2n) is 5.81. The lowest BCUT2D eigenvalue weighted by Crippen LogP contribution is -2.29. The first-order valence-corrected chi connectivity index (χ1v) is 9.57. The number of sulfonamides is 1. The highest BCUT2D eigenvalue weighted by Gasteiger charge is 2.16. The van der Waals surface area contributed by atoms with Crippen LogP contribution in [0.25, 0.3) is 5.82 Å². The molecule has 0 radical (unpaired) electrons. The van der Waals surface area contributed by atoms with Crippen molar-refractivity contribution in [1.82, 2.24) is 24.5 Å². The van der Waals surface area contributed by atoms with E-state index in [0.717, 1.165) is 5.56 Å². The summed E-state index contributed by atoms with van der Waals surface area (Å²) in [6.07, 6.45) is 6.60. The fraction of sp³-hybridized carbons (Fsp3) is 0.235. The standard InChI is InChI=1S/C17H20N6O2S/c1-13-4-5-14(2)15(10-13)26(24,25)21-8-7-19-16-11-18-12-17(22-16)23-9-3-6-20-23/h3-6,9-12,21H,7-8H2,1-2H3,(H,19,22). The Bertz CT molecular complexity index is 986. The molecule has 2 aromatic heterocycles. The average Bonchev–Trinajstić information content (AvgIpc) is 3.16. The molecule has 0 saturated heterocycles. The summed E-state index contributed by atoms with van der Waals surface area (Å²) in [6, 6.07) is 7.16. The van der Waals surface area contributed by atoms with Crippen molar-refractivity contribution >= 4 is 15.8 Å². The molecule has 0 aliphatic carbocycles. The van der Waals surface area contributed by atoms with Crippen molar-refractivity contribution in [3.05, 3.63) is 60.2 Å². The number of hydrogen-bond donors (Lipinski definition) is 2. The predicted octanol–water partition coefficient (Wildman–Crippen LogP) is 1.67. The molecule has 0 fully saturated rings. The van der Waals surface area contributed by atoms with Crippen molar-refractivity contribution in [1.29, 1.82) is 0 Å². The van der Waals surface area contributed by atoms with Gasteiger partial charge in [0.1, 0.15) is 5.82 Å². The summed E-state index contributed by atoms with van der Waals surface area (Å²) in [5.74, 6) is 1.12. The molecule has 1 aromatic carbocycles. The van der Waals surface area contributed by atoms with Gasteiger partial charge in [-0.1, -0.05) is 12.1 Å². The largest absolute Gasteiger partial charge is 0.367 e. The number of nitrogens with zero attached hydrogens (tertiary/aromatic N) is 4. The molecule has 0 amide bonds. The minimum Gasteiger partial charge on any atom is -0.367 e. The van der Waals surface area contributed by atoms with Crippen LogP contribution in [0.5, 0.6) is 0 Å². The Kier molecular flexibility index (Phi) is 5.29. The minimum absolute atomic E-state index is 0.226. The van der Waals surface area contributed by atoms with Crippen LogP contribution in [0.15, 0.2) is 53.9 Å². The predicted molar refractivity (Wildman–Crippen MR) is 98.7 cm³/mol. The van der Waals surface area contributed by atoms with E-state index in [1.165, 1.54) is 0 Å². The van der Waals surface area contributed by atoms with Crippen LogP contribution in [0, 0.1) is 13.8 Å². The Morgan fingerprint density at radius 3 is 2.77 bits per heavy atom. The van der Waals surface area contributed by atoms with Gasteiger partial charge in [-0.15, -0.1) is 0 Å². The third kappa shape index (κ3) is 4.24. The minimum atomic E-state index is -3.55. The lowest BCUT2D eigenvalue weighted by molar-refractivity contribution is 0.582. The van der Waals surface area contributed by atoms with Gasteiger partial charge in [-0.05, 0) is 37.1 Å². The lowest BCUT2D eigenvalue weighted by atomic mass is 10.2. The van der Waals surface area contributed by atoms with Crippen LogP contribution in [0.4, 0.5) is 5.82 Å². The van der Waals surface area contributed by atoms with Crippen LogP contribution in [0.2, 0.25) is 0 Å².